The Hall–Kier alpha value is -2.34. The van der Waals surface area contributed by atoms with Crippen molar-refractivity contribution < 1.29 is 23.1 Å². The van der Waals surface area contributed by atoms with E-state index in [1.165, 1.54) is 17.7 Å². The predicted octanol–water partition coefficient (Wildman–Crippen LogP) is 5.87. The number of benzene rings is 2. The lowest BCUT2D eigenvalue weighted by Gasteiger charge is -2.39. The fraction of sp³-hybridized carbons (Fsp3) is 0.435. The lowest BCUT2D eigenvalue weighted by Crippen LogP contribution is -2.40. The van der Waals surface area contributed by atoms with E-state index in [2.05, 4.69) is 30.9 Å². The smallest absolute Gasteiger partial charge is 0.416 e. The second kappa shape index (κ2) is 8.57. The first kappa shape index (κ1) is 21.4. The number of rotatable bonds is 5. The van der Waals surface area contributed by atoms with E-state index in [4.69, 9.17) is 0 Å². The summed E-state index contributed by atoms with van der Waals surface area (Å²) in [5.41, 5.74) is 2.42. The number of likely N-dealkylation sites (tertiary alicyclic amines) is 1. The SMILES string of the molecule is CC(C)c1ccc(CN2CC(C(=O)O)CCC2c2ccc(C(F)(F)F)cc2)cc1. The van der Waals surface area contributed by atoms with Gasteiger partial charge < -0.3 is 5.11 Å². The van der Waals surface area contributed by atoms with Crippen molar-refractivity contribution in [2.45, 2.75) is 51.4 Å². The highest BCUT2D eigenvalue weighted by molar-refractivity contribution is 5.70. The van der Waals surface area contributed by atoms with Gasteiger partial charge in [-0.3, -0.25) is 9.69 Å². The van der Waals surface area contributed by atoms with Crippen molar-refractivity contribution in [2.24, 2.45) is 5.92 Å². The molecule has 3 rings (SSSR count). The van der Waals surface area contributed by atoms with E-state index in [1.807, 2.05) is 12.1 Å². The van der Waals surface area contributed by atoms with Crippen LogP contribution in [0.5, 0.6) is 0 Å². The third-order valence-corrected chi connectivity index (χ3v) is 5.69. The van der Waals surface area contributed by atoms with Crippen LogP contribution in [0.15, 0.2) is 48.5 Å². The molecule has 0 amide bonds. The lowest BCUT2D eigenvalue weighted by atomic mass is 9.88. The van der Waals surface area contributed by atoms with E-state index in [9.17, 15) is 23.1 Å². The molecule has 1 heterocycles. The Morgan fingerprint density at radius 1 is 1.07 bits per heavy atom. The molecule has 0 saturated carbocycles. The first-order valence-electron chi connectivity index (χ1n) is 9.88. The van der Waals surface area contributed by atoms with Crippen molar-refractivity contribution in [3.63, 3.8) is 0 Å². The van der Waals surface area contributed by atoms with Gasteiger partial charge in [0.05, 0.1) is 11.5 Å². The number of carboxylic acid groups (broad SMARTS) is 1. The summed E-state index contributed by atoms with van der Waals surface area (Å²) in [6.45, 7) is 5.19. The average molecular weight is 405 g/mol. The van der Waals surface area contributed by atoms with Gasteiger partial charge in [0.2, 0.25) is 0 Å². The Labute approximate surface area is 169 Å². The van der Waals surface area contributed by atoms with Gasteiger partial charge in [-0.05, 0) is 47.6 Å². The van der Waals surface area contributed by atoms with Gasteiger partial charge in [-0.2, -0.15) is 13.2 Å². The molecule has 2 atom stereocenters. The van der Waals surface area contributed by atoms with Gasteiger partial charge in [0, 0.05) is 19.1 Å². The number of halogens is 3. The molecule has 2 aromatic rings. The summed E-state index contributed by atoms with van der Waals surface area (Å²) < 4.78 is 38.6. The van der Waals surface area contributed by atoms with Crippen molar-refractivity contribution in [2.75, 3.05) is 6.54 Å². The standard InChI is InChI=1S/C23H26F3NO2/c1-15(2)17-5-3-16(4-6-17)13-27-14-19(22(28)29)9-12-21(27)18-7-10-20(11-8-18)23(24,25)26/h3-8,10-11,15,19,21H,9,12-14H2,1-2H3,(H,28,29). The first-order valence-corrected chi connectivity index (χ1v) is 9.88. The number of hydrogen-bond acceptors (Lipinski definition) is 2. The maximum absolute atomic E-state index is 12.9. The summed E-state index contributed by atoms with van der Waals surface area (Å²) in [6.07, 6.45) is -3.24. The van der Waals surface area contributed by atoms with Crippen molar-refractivity contribution in [1.29, 1.82) is 0 Å². The van der Waals surface area contributed by atoms with Crippen LogP contribution in [-0.4, -0.2) is 22.5 Å². The summed E-state index contributed by atoms with van der Waals surface area (Å²) in [7, 11) is 0. The van der Waals surface area contributed by atoms with E-state index in [-0.39, 0.29) is 6.04 Å². The van der Waals surface area contributed by atoms with Crippen LogP contribution in [0.3, 0.4) is 0 Å². The number of piperidine rings is 1. The highest BCUT2D eigenvalue weighted by Gasteiger charge is 2.34. The van der Waals surface area contributed by atoms with E-state index in [1.54, 1.807) is 0 Å². The molecule has 1 aliphatic rings. The topological polar surface area (TPSA) is 40.5 Å². The molecule has 0 radical (unpaired) electrons. The van der Waals surface area contributed by atoms with Gasteiger partial charge in [0.25, 0.3) is 0 Å². The molecule has 3 nitrogen and oxygen atoms in total. The zero-order valence-corrected chi connectivity index (χ0v) is 16.6. The van der Waals surface area contributed by atoms with Crippen LogP contribution < -0.4 is 0 Å². The number of hydrogen-bond donors (Lipinski definition) is 1. The average Bonchev–Trinajstić information content (AvgIpc) is 2.68. The molecule has 156 valence electrons. The highest BCUT2D eigenvalue weighted by atomic mass is 19.4. The summed E-state index contributed by atoms with van der Waals surface area (Å²) in [5.74, 6) is -0.859. The molecule has 1 N–H and O–H groups in total. The fourth-order valence-corrected chi connectivity index (χ4v) is 3.93. The zero-order valence-electron chi connectivity index (χ0n) is 16.6. The molecule has 2 unspecified atom stereocenters. The molecule has 0 aromatic heterocycles. The molecule has 0 bridgehead atoms. The Kier molecular flexibility index (Phi) is 6.32. The van der Waals surface area contributed by atoms with E-state index >= 15 is 0 Å². The van der Waals surface area contributed by atoms with Crippen LogP contribution in [0, 0.1) is 5.92 Å². The Morgan fingerprint density at radius 2 is 1.69 bits per heavy atom. The van der Waals surface area contributed by atoms with Crippen molar-refractivity contribution in [1.82, 2.24) is 4.90 Å². The molecular formula is C23H26F3NO2. The molecule has 1 saturated heterocycles. The van der Waals surface area contributed by atoms with Crippen LogP contribution in [0.1, 0.15) is 60.9 Å². The third kappa shape index (κ3) is 5.18. The highest BCUT2D eigenvalue weighted by Crippen LogP contribution is 2.36. The Bertz CT molecular complexity index is 829. The normalized spacial score (nSPS) is 20.8. The molecule has 0 spiro atoms. The van der Waals surface area contributed by atoms with E-state index in [0.717, 1.165) is 23.3 Å². The maximum Gasteiger partial charge on any atom is 0.416 e. The third-order valence-electron chi connectivity index (χ3n) is 5.69. The number of nitrogens with zero attached hydrogens (tertiary/aromatic N) is 1. The Morgan fingerprint density at radius 3 is 2.21 bits per heavy atom. The number of carboxylic acids is 1. The quantitative estimate of drug-likeness (QED) is 0.677. The van der Waals surface area contributed by atoms with Gasteiger partial charge in [-0.15, -0.1) is 0 Å². The molecule has 29 heavy (non-hydrogen) atoms. The van der Waals surface area contributed by atoms with Gasteiger partial charge in [0.1, 0.15) is 0 Å². The fourth-order valence-electron chi connectivity index (χ4n) is 3.93. The molecule has 0 aliphatic carbocycles. The number of alkyl halides is 3. The largest absolute Gasteiger partial charge is 0.481 e. The number of aliphatic carboxylic acids is 1. The van der Waals surface area contributed by atoms with Gasteiger partial charge in [-0.1, -0.05) is 50.2 Å². The van der Waals surface area contributed by atoms with Crippen LogP contribution in [0.4, 0.5) is 13.2 Å². The van der Waals surface area contributed by atoms with Gasteiger partial charge in [0.15, 0.2) is 0 Å². The predicted molar refractivity (Wildman–Crippen MR) is 105 cm³/mol. The van der Waals surface area contributed by atoms with Crippen molar-refractivity contribution in [3.05, 3.63) is 70.8 Å². The molecule has 2 aromatic carbocycles. The molecule has 6 heteroatoms. The summed E-state index contributed by atoms with van der Waals surface area (Å²) >= 11 is 0. The molecular weight excluding hydrogens is 379 g/mol. The van der Waals surface area contributed by atoms with Crippen LogP contribution >= 0.6 is 0 Å². The Balaban J connectivity index is 1.83. The minimum atomic E-state index is -4.36. The molecule has 1 aliphatic heterocycles. The first-order chi connectivity index (χ1) is 13.6. The second-order valence-corrected chi connectivity index (χ2v) is 8.07. The summed E-state index contributed by atoms with van der Waals surface area (Å²) in [5, 5.41) is 9.45. The van der Waals surface area contributed by atoms with Gasteiger partial charge in [-0.25, -0.2) is 0 Å². The van der Waals surface area contributed by atoms with Crippen molar-refractivity contribution >= 4 is 5.97 Å². The van der Waals surface area contributed by atoms with Crippen LogP contribution in [0.2, 0.25) is 0 Å². The van der Waals surface area contributed by atoms with Crippen LogP contribution in [0.25, 0.3) is 0 Å². The maximum atomic E-state index is 12.9. The van der Waals surface area contributed by atoms with Crippen molar-refractivity contribution in [3.8, 4) is 0 Å². The minimum absolute atomic E-state index is 0.0994. The van der Waals surface area contributed by atoms with E-state index < -0.39 is 23.6 Å². The monoisotopic (exact) mass is 405 g/mol. The number of carbonyl (C=O) groups is 1. The second-order valence-electron chi connectivity index (χ2n) is 8.07. The summed E-state index contributed by atoms with van der Waals surface area (Å²) in [6, 6.07) is 13.4. The zero-order chi connectivity index (χ0) is 21.2. The van der Waals surface area contributed by atoms with Crippen LogP contribution in [-0.2, 0) is 17.5 Å². The molecule has 1 fully saturated rings. The van der Waals surface area contributed by atoms with E-state index in [0.29, 0.717) is 31.8 Å². The van der Waals surface area contributed by atoms with Gasteiger partial charge >= 0.3 is 12.1 Å². The minimum Gasteiger partial charge on any atom is -0.481 e. The lowest BCUT2D eigenvalue weighted by molar-refractivity contribution is -0.144. The summed E-state index contributed by atoms with van der Waals surface area (Å²) in [4.78, 5) is 13.6.